The van der Waals surface area contributed by atoms with Crippen LogP contribution in [0.5, 0.6) is 0 Å². The van der Waals surface area contributed by atoms with Crippen molar-refractivity contribution in [1.29, 1.82) is 0 Å². The lowest BCUT2D eigenvalue weighted by molar-refractivity contribution is -0.197. The fraction of sp³-hybridized carbons (Fsp3) is 0.241. The predicted octanol–water partition coefficient (Wildman–Crippen LogP) is 4.99. The van der Waals surface area contributed by atoms with Gasteiger partial charge in [0.15, 0.2) is 0 Å². The molecular formula is C29H32N2O5. The van der Waals surface area contributed by atoms with E-state index in [1.807, 2.05) is 19.1 Å². The van der Waals surface area contributed by atoms with Crippen LogP contribution in [0.25, 0.3) is 0 Å². The Bertz CT molecular complexity index is 1130. The summed E-state index contributed by atoms with van der Waals surface area (Å²) in [5.41, 5.74) is 0.642. The first-order valence-electron chi connectivity index (χ1n) is 11.5. The molecule has 0 spiro atoms. The van der Waals surface area contributed by atoms with Crippen LogP contribution in [0.2, 0.25) is 0 Å². The Labute approximate surface area is 212 Å². The summed E-state index contributed by atoms with van der Waals surface area (Å²) in [5.74, 6) is -1.43. The highest BCUT2D eigenvalue weighted by molar-refractivity contribution is 6.09. The lowest BCUT2D eigenvalue weighted by atomic mass is 9.81. The van der Waals surface area contributed by atoms with Crippen molar-refractivity contribution in [3.63, 3.8) is 0 Å². The van der Waals surface area contributed by atoms with Crippen LogP contribution in [-0.4, -0.2) is 46.7 Å². The highest BCUT2D eigenvalue weighted by Gasteiger charge is 2.42. The van der Waals surface area contributed by atoms with Gasteiger partial charge in [0.05, 0.1) is 12.0 Å². The summed E-state index contributed by atoms with van der Waals surface area (Å²) in [4.78, 5) is 54.9. The predicted molar refractivity (Wildman–Crippen MR) is 139 cm³/mol. The molecule has 0 unspecified atom stereocenters. The van der Waals surface area contributed by atoms with Crippen molar-refractivity contribution in [3.8, 4) is 0 Å². The van der Waals surface area contributed by atoms with Gasteiger partial charge in [-0.15, -0.1) is 18.2 Å². The molecule has 1 atom stereocenters. The van der Waals surface area contributed by atoms with Crippen LogP contribution in [0.3, 0.4) is 0 Å². The van der Waals surface area contributed by atoms with Crippen LogP contribution in [-0.2, 0) is 14.4 Å². The quantitative estimate of drug-likeness (QED) is 0.311. The van der Waals surface area contributed by atoms with E-state index in [2.05, 4.69) is 19.7 Å². The number of carbonyl (C=O) groups excluding carboxylic acids is 4. The molecule has 7 nitrogen and oxygen atoms in total. The van der Waals surface area contributed by atoms with E-state index in [4.69, 9.17) is 4.84 Å². The summed E-state index contributed by atoms with van der Waals surface area (Å²) in [5, 5.41) is 0.891. The number of allylic oxidation sites excluding steroid dienone is 1. The smallest absolute Gasteiger partial charge is 0.271 e. The fourth-order valence-electron chi connectivity index (χ4n) is 3.48. The van der Waals surface area contributed by atoms with E-state index >= 15 is 0 Å². The van der Waals surface area contributed by atoms with Crippen LogP contribution in [0.15, 0.2) is 98.1 Å². The van der Waals surface area contributed by atoms with Crippen molar-refractivity contribution >= 4 is 23.6 Å². The molecule has 2 aromatic carbocycles. The zero-order chi connectivity index (χ0) is 26.7. The average molecular weight is 489 g/mol. The number of imide groups is 2. The second-order valence-electron chi connectivity index (χ2n) is 8.56. The number of amides is 4. The van der Waals surface area contributed by atoms with Gasteiger partial charge in [-0.3, -0.25) is 28.9 Å². The third-order valence-corrected chi connectivity index (χ3v) is 5.56. The van der Waals surface area contributed by atoms with E-state index < -0.39 is 11.3 Å². The molecule has 4 amide bonds. The van der Waals surface area contributed by atoms with Gasteiger partial charge >= 0.3 is 0 Å². The molecule has 1 saturated heterocycles. The zero-order valence-corrected chi connectivity index (χ0v) is 20.8. The van der Waals surface area contributed by atoms with Crippen LogP contribution in [0.1, 0.15) is 47.4 Å². The van der Waals surface area contributed by atoms with E-state index in [-0.39, 0.29) is 24.3 Å². The number of benzene rings is 2. The second-order valence-corrected chi connectivity index (χ2v) is 8.56. The van der Waals surface area contributed by atoms with Gasteiger partial charge < -0.3 is 0 Å². The largest absolute Gasteiger partial charge is 0.284 e. The Morgan fingerprint density at radius 3 is 2.06 bits per heavy atom. The first-order valence-corrected chi connectivity index (χ1v) is 11.5. The van der Waals surface area contributed by atoms with Gasteiger partial charge in [-0.05, 0) is 44.0 Å². The van der Waals surface area contributed by atoms with Gasteiger partial charge in [0.1, 0.15) is 0 Å². The standard InChI is InChI=1S/C15H17NO3.C14H15NO2/c1-3-9-15(2)10-11-19-16(14(15)18)13(17)12-7-5-4-6-8-12;1-4-10-15(13(16)11(2)3)14(17)12-8-6-5-7-9-12/h3-8H,1,9-11H2,2H3;4-9H,1-2,10H2,3H3/t15-;/m1./s1. The third kappa shape index (κ3) is 6.96. The maximum absolute atomic E-state index is 12.4. The Morgan fingerprint density at radius 1 is 1.00 bits per heavy atom. The molecule has 0 saturated carbocycles. The minimum Gasteiger partial charge on any atom is -0.271 e. The Morgan fingerprint density at radius 2 is 1.56 bits per heavy atom. The molecule has 2 aromatic rings. The highest BCUT2D eigenvalue weighted by atomic mass is 16.7. The van der Waals surface area contributed by atoms with E-state index in [1.54, 1.807) is 61.5 Å². The second kappa shape index (κ2) is 13.1. The summed E-state index contributed by atoms with van der Waals surface area (Å²) < 4.78 is 0. The summed E-state index contributed by atoms with van der Waals surface area (Å²) in [6, 6.07) is 17.3. The topological polar surface area (TPSA) is 84.0 Å². The monoisotopic (exact) mass is 488 g/mol. The van der Waals surface area contributed by atoms with E-state index in [1.165, 1.54) is 6.08 Å². The number of hydrogen-bond donors (Lipinski definition) is 0. The third-order valence-electron chi connectivity index (χ3n) is 5.56. The van der Waals surface area contributed by atoms with Crippen molar-refractivity contribution in [2.45, 2.75) is 26.7 Å². The normalized spacial score (nSPS) is 16.7. The van der Waals surface area contributed by atoms with Crippen molar-refractivity contribution in [2.75, 3.05) is 13.2 Å². The van der Waals surface area contributed by atoms with Crippen molar-refractivity contribution < 1.29 is 24.0 Å². The van der Waals surface area contributed by atoms with Crippen LogP contribution < -0.4 is 0 Å². The number of carbonyl (C=O) groups is 4. The number of hydrogen-bond acceptors (Lipinski definition) is 5. The minimum atomic E-state index is -0.607. The Balaban J connectivity index is 0.000000255. The van der Waals surface area contributed by atoms with E-state index in [0.29, 0.717) is 36.1 Å². The van der Waals surface area contributed by atoms with Crippen LogP contribution >= 0.6 is 0 Å². The lowest BCUT2D eigenvalue weighted by Crippen LogP contribution is -2.50. The molecule has 1 aliphatic heterocycles. The molecule has 0 N–H and O–H groups in total. The molecule has 0 bridgehead atoms. The highest BCUT2D eigenvalue weighted by Crippen LogP contribution is 2.33. The van der Waals surface area contributed by atoms with Gasteiger partial charge in [-0.25, -0.2) is 0 Å². The van der Waals surface area contributed by atoms with Gasteiger partial charge in [-0.1, -0.05) is 62.1 Å². The minimum absolute atomic E-state index is 0.180. The first-order chi connectivity index (χ1) is 17.2. The molecular weight excluding hydrogens is 456 g/mol. The Hall–Kier alpha value is -4.10. The zero-order valence-electron chi connectivity index (χ0n) is 20.8. The van der Waals surface area contributed by atoms with E-state index in [0.717, 1.165) is 9.96 Å². The first kappa shape index (κ1) is 28.1. The number of hydroxylamine groups is 2. The molecule has 1 fully saturated rings. The number of rotatable bonds is 7. The number of nitrogens with zero attached hydrogens (tertiary/aromatic N) is 2. The maximum atomic E-state index is 12.4. The van der Waals surface area contributed by atoms with E-state index in [9.17, 15) is 19.2 Å². The SMILES string of the molecule is C=CCN(C(=O)C(=C)C)C(=O)c1ccccc1.C=CC[C@]1(C)CCON(C(=O)c2ccccc2)C1=O. The van der Waals surface area contributed by atoms with Gasteiger partial charge in [0.25, 0.3) is 23.6 Å². The van der Waals surface area contributed by atoms with Gasteiger partial charge in [0, 0.05) is 23.2 Å². The molecule has 188 valence electrons. The summed E-state index contributed by atoms with van der Waals surface area (Å²) in [6.45, 7) is 14.7. The lowest BCUT2D eigenvalue weighted by Gasteiger charge is -2.36. The van der Waals surface area contributed by atoms with Gasteiger partial charge in [0.2, 0.25) is 0 Å². The molecule has 0 aromatic heterocycles. The molecule has 0 radical (unpaired) electrons. The van der Waals surface area contributed by atoms with Crippen molar-refractivity contribution in [3.05, 3.63) is 109 Å². The molecule has 3 rings (SSSR count). The molecule has 1 aliphatic rings. The summed E-state index contributed by atoms with van der Waals surface area (Å²) in [6.07, 6.45) is 4.35. The Kier molecular flexibility index (Phi) is 10.2. The van der Waals surface area contributed by atoms with Gasteiger partial charge in [-0.2, -0.15) is 0 Å². The average Bonchev–Trinajstić information content (AvgIpc) is 2.89. The van der Waals surface area contributed by atoms with Crippen molar-refractivity contribution in [1.82, 2.24) is 9.96 Å². The summed E-state index contributed by atoms with van der Waals surface area (Å²) >= 11 is 0. The molecule has 1 heterocycles. The van der Waals surface area contributed by atoms with Crippen LogP contribution in [0.4, 0.5) is 0 Å². The molecule has 0 aliphatic carbocycles. The van der Waals surface area contributed by atoms with Crippen molar-refractivity contribution in [2.24, 2.45) is 5.41 Å². The molecule has 7 heteroatoms. The fourth-order valence-corrected chi connectivity index (χ4v) is 3.48. The van der Waals surface area contributed by atoms with Crippen LogP contribution in [0, 0.1) is 5.41 Å². The summed E-state index contributed by atoms with van der Waals surface area (Å²) in [7, 11) is 0. The molecule has 36 heavy (non-hydrogen) atoms. The maximum Gasteiger partial charge on any atom is 0.284 e.